The molecule has 0 saturated carbocycles. The molecule has 2 heterocycles. The Morgan fingerprint density at radius 1 is 1.06 bits per heavy atom. The number of hydrazine groups is 1. The highest BCUT2D eigenvalue weighted by Gasteiger charge is 2.22. The monoisotopic (exact) mass is 495 g/mol. The van der Waals surface area contributed by atoms with Crippen LogP contribution in [0.4, 0.5) is 11.6 Å². The second-order valence-corrected chi connectivity index (χ2v) is 9.04. The molecule has 1 saturated heterocycles. The van der Waals surface area contributed by atoms with E-state index in [1.165, 1.54) is 36.4 Å². The number of aromatic nitrogens is 3. The molecule has 4 rings (SSSR count). The molecule has 3 aromatic rings. The number of hydrogen-bond acceptors (Lipinski definition) is 8. The first-order valence-electron chi connectivity index (χ1n) is 11.2. The van der Waals surface area contributed by atoms with Crippen LogP contribution in [0.5, 0.6) is 0 Å². The summed E-state index contributed by atoms with van der Waals surface area (Å²) in [5.41, 5.74) is 6.52. The third kappa shape index (κ3) is 5.96. The van der Waals surface area contributed by atoms with Crippen LogP contribution in [-0.2, 0) is 4.79 Å². The molecule has 2 N–H and O–H groups in total. The number of aryl methyl sites for hydroxylation is 1. The molecule has 11 nitrogen and oxygen atoms in total. The first-order valence-corrected chi connectivity index (χ1v) is 12.1. The van der Waals surface area contributed by atoms with Crippen LogP contribution in [0.1, 0.15) is 35.2 Å². The van der Waals surface area contributed by atoms with Crippen LogP contribution in [0.3, 0.4) is 0 Å². The number of nitro benzene ring substituents is 1. The minimum absolute atomic E-state index is 0.0147. The van der Waals surface area contributed by atoms with Gasteiger partial charge in [0.25, 0.3) is 11.6 Å². The van der Waals surface area contributed by atoms with E-state index in [0.717, 1.165) is 49.2 Å². The Labute approximate surface area is 206 Å². The molecule has 0 unspecified atom stereocenters. The van der Waals surface area contributed by atoms with Gasteiger partial charge in [-0.2, -0.15) is 0 Å². The second-order valence-electron chi connectivity index (χ2n) is 8.10. The van der Waals surface area contributed by atoms with Crippen molar-refractivity contribution in [3.63, 3.8) is 0 Å². The van der Waals surface area contributed by atoms with Crippen LogP contribution in [0.25, 0.3) is 5.69 Å². The number of piperidine rings is 1. The van der Waals surface area contributed by atoms with E-state index in [1.807, 2.05) is 35.8 Å². The quantitative estimate of drug-likeness (QED) is 0.290. The summed E-state index contributed by atoms with van der Waals surface area (Å²) in [5, 5.41) is 20.2. The van der Waals surface area contributed by atoms with E-state index in [0.29, 0.717) is 5.16 Å². The number of amides is 2. The largest absolute Gasteiger partial charge is 0.341 e. The summed E-state index contributed by atoms with van der Waals surface area (Å²) < 4.78 is 1.95. The average molecular weight is 496 g/mol. The van der Waals surface area contributed by atoms with Crippen LogP contribution in [0, 0.1) is 17.0 Å². The average Bonchev–Trinajstić information content (AvgIpc) is 3.31. The van der Waals surface area contributed by atoms with Crippen molar-refractivity contribution in [1.29, 1.82) is 0 Å². The van der Waals surface area contributed by atoms with Gasteiger partial charge in [-0.25, -0.2) is 0 Å². The number of thioether (sulfide) groups is 1. The van der Waals surface area contributed by atoms with Crippen molar-refractivity contribution in [2.45, 2.75) is 31.3 Å². The number of carbonyl (C=O) groups is 2. The van der Waals surface area contributed by atoms with Crippen molar-refractivity contribution in [2.75, 3.05) is 23.7 Å². The predicted molar refractivity (Wildman–Crippen MR) is 132 cm³/mol. The van der Waals surface area contributed by atoms with Gasteiger partial charge >= 0.3 is 0 Å². The predicted octanol–water partition coefficient (Wildman–Crippen LogP) is 3.03. The standard InChI is InChI=1S/C23H25N7O4S/c1-16-8-10-18(11-9-16)29-22(28-12-3-2-4-13-28)26-27-23(29)35-15-20(31)24-25-21(32)17-6-5-7-19(14-17)30(33)34/h5-11,14H,2-4,12-13,15H2,1H3,(H,24,31)(H,25,32). The summed E-state index contributed by atoms with van der Waals surface area (Å²) in [6.07, 6.45) is 3.38. The molecule has 1 aliphatic heterocycles. The fourth-order valence-electron chi connectivity index (χ4n) is 3.70. The number of nitrogens with one attached hydrogen (secondary N) is 2. The van der Waals surface area contributed by atoms with Gasteiger partial charge in [-0.3, -0.25) is 35.1 Å². The molecular formula is C23H25N7O4S. The third-order valence-electron chi connectivity index (χ3n) is 5.51. The lowest BCUT2D eigenvalue weighted by Gasteiger charge is -2.27. The van der Waals surface area contributed by atoms with Gasteiger partial charge in [0.1, 0.15) is 0 Å². The van der Waals surface area contributed by atoms with Gasteiger partial charge in [-0.15, -0.1) is 10.2 Å². The minimum Gasteiger partial charge on any atom is -0.341 e. The number of rotatable bonds is 7. The van der Waals surface area contributed by atoms with E-state index in [9.17, 15) is 19.7 Å². The van der Waals surface area contributed by atoms with E-state index >= 15 is 0 Å². The van der Waals surface area contributed by atoms with Crippen molar-refractivity contribution >= 4 is 35.2 Å². The molecule has 0 radical (unpaired) electrons. The Morgan fingerprint density at radius 3 is 2.51 bits per heavy atom. The number of carbonyl (C=O) groups excluding carboxylic acids is 2. The number of hydrogen-bond donors (Lipinski definition) is 2. The van der Waals surface area contributed by atoms with Gasteiger partial charge in [0, 0.05) is 30.8 Å². The molecule has 0 atom stereocenters. The molecule has 1 aliphatic rings. The molecule has 12 heteroatoms. The normalized spacial score (nSPS) is 13.3. The van der Waals surface area contributed by atoms with Gasteiger partial charge in [-0.1, -0.05) is 35.5 Å². The molecule has 0 spiro atoms. The highest BCUT2D eigenvalue weighted by molar-refractivity contribution is 7.99. The van der Waals surface area contributed by atoms with Crippen molar-refractivity contribution in [1.82, 2.24) is 25.6 Å². The Bertz CT molecular complexity index is 1220. The van der Waals surface area contributed by atoms with Crippen LogP contribution >= 0.6 is 11.8 Å². The summed E-state index contributed by atoms with van der Waals surface area (Å²) in [5.74, 6) is -0.372. The number of non-ortho nitro benzene ring substituents is 1. The number of anilines is 1. The second kappa shape index (κ2) is 11.0. The minimum atomic E-state index is -0.651. The molecule has 182 valence electrons. The van der Waals surface area contributed by atoms with Crippen LogP contribution in [0.2, 0.25) is 0 Å². The van der Waals surface area contributed by atoms with Gasteiger partial charge < -0.3 is 4.90 Å². The SMILES string of the molecule is Cc1ccc(-n2c(SCC(=O)NNC(=O)c3cccc([N+](=O)[O-])c3)nnc2N2CCCCC2)cc1. The van der Waals surface area contributed by atoms with Crippen LogP contribution in [-0.4, -0.2) is 50.3 Å². The highest BCUT2D eigenvalue weighted by Crippen LogP contribution is 2.28. The zero-order valence-corrected chi connectivity index (χ0v) is 20.0. The fraction of sp³-hybridized carbons (Fsp3) is 0.304. The van der Waals surface area contributed by atoms with Gasteiger partial charge in [0.2, 0.25) is 11.9 Å². The summed E-state index contributed by atoms with van der Waals surface area (Å²) >= 11 is 1.20. The van der Waals surface area contributed by atoms with E-state index < -0.39 is 16.7 Å². The topological polar surface area (TPSA) is 135 Å². The molecular weight excluding hydrogens is 470 g/mol. The molecule has 2 amide bonds. The lowest BCUT2D eigenvalue weighted by molar-refractivity contribution is -0.384. The van der Waals surface area contributed by atoms with Crippen LogP contribution in [0.15, 0.2) is 53.7 Å². The maximum absolute atomic E-state index is 12.4. The first-order chi connectivity index (χ1) is 16.9. The molecule has 1 aromatic heterocycles. The smallest absolute Gasteiger partial charge is 0.270 e. The van der Waals surface area contributed by atoms with Gasteiger partial charge in [0.15, 0.2) is 5.16 Å². The van der Waals surface area contributed by atoms with E-state index in [2.05, 4.69) is 25.9 Å². The van der Waals surface area contributed by atoms with E-state index in [4.69, 9.17) is 0 Å². The Morgan fingerprint density at radius 2 is 1.80 bits per heavy atom. The van der Waals surface area contributed by atoms with Crippen LogP contribution < -0.4 is 15.8 Å². The summed E-state index contributed by atoms with van der Waals surface area (Å²) in [6.45, 7) is 3.82. The zero-order valence-electron chi connectivity index (χ0n) is 19.1. The molecule has 0 aliphatic carbocycles. The zero-order chi connectivity index (χ0) is 24.8. The maximum Gasteiger partial charge on any atom is 0.270 e. The highest BCUT2D eigenvalue weighted by atomic mass is 32.2. The summed E-state index contributed by atoms with van der Waals surface area (Å²) in [6, 6.07) is 13.3. The third-order valence-corrected chi connectivity index (χ3v) is 6.44. The molecule has 0 bridgehead atoms. The lowest BCUT2D eigenvalue weighted by Crippen LogP contribution is -2.42. The number of nitrogens with zero attached hydrogens (tertiary/aromatic N) is 5. The summed E-state index contributed by atoms with van der Waals surface area (Å²) in [7, 11) is 0. The Kier molecular flexibility index (Phi) is 7.60. The number of nitro groups is 1. The van der Waals surface area contributed by atoms with Gasteiger partial charge in [0.05, 0.1) is 16.4 Å². The first kappa shape index (κ1) is 24.2. The maximum atomic E-state index is 12.4. The van der Waals surface area contributed by atoms with Crippen molar-refractivity contribution in [2.24, 2.45) is 0 Å². The number of benzene rings is 2. The Balaban J connectivity index is 1.42. The van der Waals surface area contributed by atoms with E-state index in [-0.39, 0.29) is 17.0 Å². The molecule has 2 aromatic carbocycles. The van der Waals surface area contributed by atoms with Crippen molar-refractivity contribution in [3.05, 3.63) is 69.8 Å². The fourth-order valence-corrected chi connectivity index (χ4v) is 4.45. The van der Waals surface area contributed by atoms with Crippen molar-refractivity contribution in [3.8, 4) is 5.69 Å². The Hall–Kier alpha value is -3.93. The molecule has 1 fully saturated rings. The summed E-state index contributed by atoms with van der Waals surface area (Å²) in [4.78, 5) is 37.2. The lowest BCUT2D eigenvalue weighted by atomic mass is 10.1. The van der Waals surface area contributed by atoms with Gasteiger partial charge in [-0.05, 0) is 44.4 Å². The van der Waals surface area contributed by atoms with Crippen molar-refractivity contribution < 1.29 is 14.5 Å². The molecule has 35 heavy (non-hydrogen) atoms. The van der Waals surface area contributed by atoms with E-state index in [1.54, 1.807) is 0 Å².